The number of H-pyrrole nitrogens is 1. The van der Waals surface area contributed by atoms with E-state index in [9.17, 15) is 23.9 Å². The van der Waals surface area contributed by atoms with Crippen LogP contribution in [0.3, 0.4) is 0 Å². The van der Waals surface area contributed by atoms with E-state index in [1.807, 2.05) is 51.1 Å². The monoisotopic (exact) mass is 582 g/mol. The first kappa shape index (κ1) is 29.7. The number of hydrogen-bond acceptors (Lipinski definition) is 4. The van der Waals surface area contributed by atoms with Gasteiger partial charge in [-0.3, -0.25) is 14.4 Å². The van der Waals surface area contributed by atoms with Gasteiger partial charge in [0, 0.05) is 35.5 Å². The number of fused-ring (bicyclic) bond motifs is 1. The predicted octanol–water partition coefficient (Wildman–Crippen LogP) is 5.99. The number of aromatic amines is 1. The molecule has 4 aromatic rings. The van der Waals surface area contributed by atoms with E-state index in [1.54, 1.807) is 30.3 Å². The average Bonchev–Trinajstić information content (AvgIpc) is 3.45. The second kappa shape index (κ2) is 12.6. The van der Waals surface area contributed by atoms with Gasteiger partial charge in [-0.25, -0.2) is 4.39 Å². The molecule has 0 spiro atoms. The van der Waals surface area contributed by atoms with Gasteiger partial charge in [0.2, 0.25) is 11.8 Å². The maximum absolute atomic E-state index is 13.3. The quantitative estimate of drug-likeness (QED) is 0.158. The Hall–Kier alpha value is -4.76. The SMILES string of the molecule is Cc1[nH]c(CC2C(=O)Nc3ccc(C(=O)NC(C)c4ccc(F)cc4)cc32)c(C)c1NC(=O)CCC(O)c1ccccc1. The number of nitrogens with one attached hydrogen (secondary N) is 4. The number of aromatic nitrogens is 1. The summed E-state index contributed by atoms with van der Waals surface area (Å²) in [6.45, 7) is 5.57. The number of hydrogen-bond donors (Lipinski definition) is 5. The van der Waals surface area contributed by atoms with Crippen LogP contribution in [0.15, 0.2) is 72.8 Å². The van der Waals surface area contributed by atoms with E-state index < -0.39 is 12.0 Å². The molecule has 0 radical (unpaired) electrons. The number of carbonyl (C=O) groups is 3. The van der Waals surface area contributed by atoms with Crippen molar-refractivity contribution in [2.75, 3.05) is 10.6 Å². The molecule has 5 rings (SSSR count). The van der Waals surface area contributed by atoms with Gasteiger partial charge < -0.3 is 26.0 Å². The number of aryl methyl sites for hydroxylation is 1. The fourth-order valence-corrected chi connectivity index (χ4v) is 5.51. The Balaban J connectivity index is 1.26. The number of aliphatic hydroxyl groups excluding tert-OH is 1. The normalized spacial score (nSPS) is 15.4. The summed E-state index contributed by atoms with van der Waals surface area (Å²) >= 11 is 0. The van der Waals surface area contributed by atoms with Crippen molar-refractivity contribution in [1.82, 2.24) is 10.3 Å². The van der Waals surface area contributed by atoms with E-state index in [0.717, 1.165) is 33.6 Å². The minimum atomic E-state index is -0.727. The van der Waals surface area contributed by atoms with Gasteiger partial charge in [-0.1, -0.05) is 42.5 Å². The third-order valence-corrected chi connectivity index (χ3v) is 8.02. The van der Waals surface area contributed by atoms with Crippen molar-refractivity contribution in [2.24, 2.45) is 0 Å². The van der Waals surface area contributed by atoms with E-state index in [4.69, 9.17) is 0 Å². The molecule has 1 aliphatic rings. The second-order valence-electron chi connectivity index (χ2n) is 11.0. The van der Waals surface area contributed by atoms with E-state index in [1.165, 1.54) is 12.1 Å². The molecule has 0 saturated heterocycles. The van der Waals surface area contributed by atoms with Crippen LogP contribution in [0.2, 0.25) is 0 Å². The molecule has 43 heavy (non-hydrogen) atoms. The van der Waals surface area contributed by atoms with Crippen LogP contribution in [-0.2, 0) is 16.0 Å². The lowest BCUT2D eigenvalue weighted by molar-refractivity contribution is -0.117. The highest BCUT2D eigenvalue weighted by molar-refractivity contribution is 6.05. The fourth-order valence-electron chi connectivity index (χ4n) is 5.51. The van der Waals surface area contributed by atoms with Crippen LogP contribution >= 0.6 is 0 Å². The van der Waals surface area contributed by atoms with Gasteiger partial charge in [0.25, 0.3) is 5.91 Å². The molecule has 1 aromatic heterocycles. The van der Waals surface area contributed by atoms with Crippen molar-refractivity contribution in [1.29, 1.82) is 0 Å². The van der Waals surface area contributed by atoms with E-state index >= 15 is 0 Å². The van der Waals surface area contributed by atoms with E-state index in [0.29, 0.717) is 29.8 Å². The van der Waals surface area contributed by atoms with Gasteiger partial charge in [0.15, 0.2) is 0 Å². The lowest BCUT2D eigenvalue weighted by atomic mass is 9.93. The van der Waals surface area contributed by atoms with Crippen molar-refractivity contribution in [3.05, 3.63) is 118 Å². The third-order valence-electron chi connectivity index (χ3n) is 8.02. The molecule has 3 aromatic carbocycles. The number of carbonyl (C=O) groups excluding carboxylic acids is 3. The maximum atomic E-state index is 13.3. The minimum absolute atomic E-state index is 0.151. The van der Waals surface area contributed by atoms with Crippen molar-refractivity contribution in [2.45, 2.75) is 58.1 Å². The van der Waals surface area contributed by atoms with Gasteiger partial charge in [0.05, 0.1) is 23.8 Å². The molecule has 0 fully saturated rings. The molecule has 9 heteroatoms. The maximum Gasteiger partial charge on any atom is 0.251 e. The first-order valence-electron chi connectivity index (χ1n) is 14.3. The third kappa shape index (κ3) is 6.67. The van der Waals surface area contributed by atoms with Crippen molar-refractivity contribution >= 4 is 29.1 Å². The number of amides is 3. The molecule has 3 atom stereocenters. The molecule has 1 aliphatic heterocycles. The molecule has 0 bridgehead atoms. The lowest BCUT2D eigenvalue weighted by Gasteiger charge is -2.15. The van der Waals surface area contributed by atoms with E-state index in [2.05, 4.69) is 20.9 Å². The smallest absolute Gasteiger partial charge is 0.251 e. The van der Waals surface area contributed by atoms with Gasteiger partial charge in [0.1, 0.15) is 5.82 Å². The zero-order chi connectivity index (χ0) is 30.7. The van der Waals surface area contributed by atoms with Gasteiger partial charge in [-0.2, -0.15) is 0 Å². The molecule has 2 heterocycles. The largest absolute Gasteiger partial charge is 0.388 e. The average molecular weight is 583 g/mol. The van der Waals surface area contributed by atoms with Crippen molar-refractivity contribution in [3.8, 4) is 0 Å². The summed E-state index contributed by atoms with van der Waals surface area (Å²) in [7, 11) is 0. The Bertz CT molecular complexity index is 1650. The molecule has 3 amide bonds. The topological polar surface area (TPSA) is 123 Å². The highest BCUT2D eigenvalue weighted by atomic mass is 19.1. The van der Waals surface area contributed by atoms with Crippen LogP contribution in [0.1, 0.15) is 81.8 Å². The molecule has 3 unspecified atom stereocenters. The summed E-state index contributed by atoms with van der Waals surface area (Å²) in [5.41, 5.74) is 6.41. The number of anilines is 2. The molecule has 0 aliphatic carbocycles. The standard InChI is InChI=1S/C34H35FN4O4/c1-19-29(36-21(3)32(19)39-31(41)16-15-30(40)23-7-5-4-6-8-23)18-27-26-17-24(11-14-28(26)38-34(27)43)33(42)37-20(2)22-9-12-25(35)13-10-22/h4-14,17,20,27,30,36,40H,15-16,18H2,1-3H3,(H,37,42)(H,38,43)(H,39,41). The Morgan fingerprint density at radius 2 is 1.72 bits per heavy atom. The Morgan fingerprint density at radius 3 is 2.44 bits per heavy atom. The number of halogens is 1. The van der Waals surface area contributed by atoms with Crippen LogP contribution in [0.4, 0.5) is 15.8 Å². The van der Waals surface area contributed by atoms with Crippen LogP contribution in [0.25, 0.3) is 0 Å². The van der Waals surface area contributed by atoms with Gasteiger partial charge in [-0.15, -0.1) is 0 Å². The predicted molar refractivity (Wildman–Crippen MR) is 163 cm³/mol. The fraction of sp³-hybridized carbons (Fsp3) is 0.265. The summed E-state index contributed by atoms with van der Waals surface area (Å²) < 4.78 is 13.3. The molecule has 222 valence electrons. The van der Waals surface area contributed by atoms with Gasteiger partial charge >= 0.3 is 0 Å². The molecule has 8 nitrogen and oxygen atoms in total. The van der Waals surface area contributed by atoms with Gasteiger partial charge in [-0.05, 0) is 79.8 Å². The number of rotatable bonds is 10. The van der Waals surface area contributed by atoms with Crippen molar-refractivity contribution < 1.29 is 23.9 Å². The second-order valence-corrected chi connectivity index (χ2v) is 11.0. The first-order chi connectivity index (χ1) is 20.6. The van der Waals surface area contributed by atoms with Crippen LogP contribution in [0, 0.1) is 19.7 Å². The Morgan fingerprint density at radius 1 is 1.00 bits per heavy atom. The zero-order valence-corrected chi connectivity index (χ0v) is 24.3. The van der Waals surface area contributed by atoms with Crippen molar-refractivity contribution in [3.63, 3.8) is 0 Å². The number of benzene rings is 3. The number of aliphatic hydroxyl groups is 1. The van der Waals surface area contributed by atoms with E-state index in [-0.39, 0.29) is 36.0 Å². The summed E-state index contributed by atoms with van der Waals surface area (Å²) in [6, 6.07) is 20.0. The highest BCUT2D eigenvalue weighted by Crippen LogP contribution is 2.37. The lowest BCUT2D eigenvalue weighted by Crippen LogP contribution is -2.26. The molecule has 0 saturated carbocycles. The Kier molecular flexibility index (Phi) is 8.73. The first-order valence-corrected chi connectivity index (χ1v) is 14.3. The van der Waals surface area contributed by atoms with Crippen LogP contribution in [0.5, 0.6) is 0 Å². The zero-order valence-electron chi connectivity index (χ0n) is 24.3. The molecular weight excluding hydrogens is 547 g/mol. The molecular formula is C34H35FN4O4. The minimum Gasteiger partial charge on any atom is -0.388 e. The van der Waals surface area contributed by atoms with Crippen LogP contribution in [-0.4, -0.2) is 27.8 Å². The summed E-state index contributed by atoms with van der Waals surface area (Å²) in [5.74, 6) is -1.55. The van der Waals surface area contributed by atoms with Crippen LogP contribution < -0.4 is 16.0 Å². The summed E-state index contributed by atoms with van der Waals surface area (Å²) in [6.07, 6.45) is 0.0712. The summed E-state index contributed by atoms with van der Waals surface area (Å²) in [5, 5.41) is 19.2. The highest BCUT2D eigenvalue weighted by Gasteiger charge is 2.33. The Labute approximate surface area is 249 Å². The summed E-state index contributed by atoms with van der Waals surface area (Å²) in [4.78, 5) is 42.1. The molecule has 5 N–H and O–H groups in total.